The molecule has 4 N–H and O–H groups in total. The predicted octanol–water partition coefficient (Wildman–Crippen LogP) is -1.25. The second-order valence-corrected chi connectivity index (χ2v) is 5.16. The van der Waals surface area contributed by atoms with Gasteiger partial charge in [-0.1, -0.05) is 10.2 Å². The molecule has 128 valence electrons. The summed E-state index contributed by atoms with van der Waals surface area (Å²) in [6, 6.07) is -1.50. The molecule has 2 aliphatic heterocycles. The lowest BCUT2D eigenvalue weighted by Gasteiger charge is -2.13. The van der Waals surface area contributed by atoms with Gasteiger partial charge in [0.1, 0.15) is 0 Å². The Balaban J connectivity index is 1.53. The number of urea groups is 3. The first-order chi connectivity index (χ1) is 11.1. The zero-order valence-corrected chi connectivity index (χ0v) is 12.9. The molecule has 11 nitrogen and oxygen atoms in total. The molecule has 0 bridgehead atoms. The Labute approximate surface area is 133 Å². The third-order valence-corrected chi connectivity index (χ3v) is 3.48. The fraction of sp³-hybridized carbons (Fsp3) is 0.750. The Bertz CT molecular complexity index is 463. The highest BCUT2D eigenvalue weighted by molar-refractivity contribution is 5.79. The van der Waals surface area contributed by atoms with E-state index < -0.39 is 12.1 Å². The maximum absolute atomic E-state index is 11.4. The van der Waals surface area contributed by atoms with Crippen LogP contribution in [0.1, 0.15) is 0 Å². The van der Waals surface area contributed by atoms with Crippen LogP contribution in [0.5, 0.6) is 0 Å². The summed E-state index contributed by atoms with van der Waals surface area (Å²) in [4.78, 5) is 37.8. The van der Waals surface area contributed by atoms with Crippen LogP contribution in [-0.4, -0.2) is 86.9 Å². The van der Waals surface area contributed by atoms with Gasteiger partial charge in [-0.15, -0.1) is 0 Å². The molecule has 0 unspecified atom stereocenters. The van der Waals surface area contributed by atoms with E-state index in [0.717, 1.165) is 26.3 Å². The lowest BCUT2D eigenvalue weighted by Crippen LogP contribution is -2.36. The Morgan fingerprint density at radius 3 is 2.30 bits per heavy atom. The van der Waals surface area contributed by atoms with Crippen LogP contribution in [0.2, 0.25) is 0 Å². The maximum atomic E-state index is 11.4. The van der Waals surface area contributed by atoms with Crippen molar-refractivity contribution in [1.82, 2.24) is 31.1 Å². The molecule has 0 saturated carbocycles. The van der Waals surface area contributed by atoms with E-state index in [1.54, 1.807) is 4.90 Å². The van der Waals surface area contributed by atoms with Crippen molar-refractivity contribution < 1.29 is 14.4 Å². The molecule has 2 aliphatic rings. The van der Waals surface area contributed by atoms with E-state index in [2.05, 4.69) is 36.4 Å². The average molecular weight is 326 g/mol. The second-order valence-electron chi connectivity index (χ2n) is 5.16. The van der Waals surface area contributed by atoms with Gasteiger partial charge in [0.2, 0.25) is 0 Å². The van der Waals surface area contributed by atoms with Crippen LogP contribution in [0.4, 0.5) is 14.4 Å². The molecule has 2 saturated heterocycles. The third-order valence-electron chi connectivity index (χ3n) is 3.48. The minimum atomic E-state index is -0.705. The summed E-state index contributed by atoms with van der Waals surface area (Å²) in [6.45, 7) is 5.77. The van der Waals surface area contributed by atoms with Gasteiger partial charge in [-0.3, -0.25) is 4.90 Å². The first-order valence-corrected chi connectivity index (χ1v) is 7.58. The van der Waals surface area contributed by atoms with Gasteiger partial charge in [0.05, 0.1) is 0 Å². The molecule has 0 aromatic heterocycles. The quantitative estimate of drug-likeness (QED) is 0.453. The molecule has 0 aromatic carbocycles. The monoisotopic (exact) mass is 326 g/mol. The number of carbonyl (C=O) groups is 3. The van der Waals surface area contributed by atoms with E-state index >= 15 is 0 Å². The fourth-order valence-corrected chi connectivity index (χ4v) is 2.25. The zero-order valence-electron chi connectivity index (χ0n) is 12.9. The molecule has 0 aliphatic carbocycles. The van der Waals surface area contributed by atoms with Crippen molar-refractivity contribution >= 4 is 18.1 Å². The average Bonchev–Trinajstić information content (AvgIpc) is 3.18. The normalized spacial score (nSPS) is 18.4. The first kappa shape index (κ1) is 17.1. The van der Waals surface area contributed by atoms with Gasteiger partial charge in [-0.2, -0.15) is 0 Å². The summed E-state index contributed by atoms with van der Waals surface area (Å²) in [5.74, 6) is 0. The second kappa shape index (κ2) is 9.00. The van der Waals surface area contributed by atoms with E-state index in [4.69, 9.17) is 0 Å². The molecule has 0 aromatic rings. The molecular formula is C12H22N8O3. The zero-order chi connectivity index (χ0) is 16.5. The van der Waals surface area contributed by atoms with E-state index in [-0.39, 0.29) is 12.6 Å². The third kappa shape index (κ3) is 6.16. The standard InChI is InChI=1S/C12H22N8O3/c21-10(14-2-6-19-5-1-13-9-19)17-18-11(22)15-3-7-20-8-4-16-12(20)23/h13H,1-9H2,(H,14,21)(H,15,22)(H,16,23)/b18-17-. The maximum Gasteiger partial charge on any atom is 0.359 e. The summed E-state index contributed by atoms with van der Waals surface area (Å²) < 4.78 is 0. The number of azo groups is 1. The van der Waals surface area contributed by atoms with Crippen LogP contribution < -0.4 is 21.3 Å². The number of nitrogens with zero attached hydrogens (tertiary/aromatic N) is 4. The van der Waals surface area contributed by atoms with Crippen molar-refractivity contribution in [3.8, 4) is 0 Å². The molecule has 0 atom stereocenters. The number of rotatable bonds is 6. The number of nitrogens with one attached hydrogen (secondary N) is 4. The summed E-state index contributed by atoms with van der Waals surface area (Å²) in [5, 5.41) is 17.4. The van der Waals surface area contributed by atoms with Crippen molar-refractivity contribution in [2.75, 3.05) is 59.0 Å². The van der Waals surface area contributed by atoms with Crippen molar-refractivity contribution in [3.63, 3.8) is 0 Å². The minimum Gasteiger partial charge on any atom is -0.336 e. The lowest BCUT2D eigenvalue weighted by atomic mass is 10.5. The summed E-state index contributed by atoms with van der Waals surface area (Å²) >= 11 is 0. The molecule has 6 amide bonds. The molecular weight excluding hydrogens is 304 g/mol. The smallest absolute Gasteiger partial charge is 0.336 e. The van der Waals surface area contributed by atoms with Crippen LogP contribution >= 0.6 is 0 Å². The molecule has 0 spiro atoms. The Hall–Kier alpha value is -2.27. The minimum absolute atomic E-state index is 0.145. The van der Waals surface area contributed by atoms with Gasteiger partial charge < -0.3 is 26.2 Å². The van der Waals surface area contributed by atoms with Gasteiger partial charge >= 0.3 is 18.1 Å². The van der Waals surface area contributed by atoms with Crippen LogP contribution in [0.15, 0.2) is 10.2 Å². The Morgan fingerprint density at radius 1 is 1.04 bits per heavy atom. The molecule has 0 radical (unpaired) electrons. The highest BCUT2D eigenvalue weighted by Gasteiger charge is 2.18. The summed E-state index contributed by atoms with van der Waals surface area (Å²) in [6.07, 6.45) is 0. The summed E-state index contributed by atoms with van der Waals surface area (Å²) in [5.41, 5.74) is 0. The molecule has 11 heteroatoms. The number of carbonyl (C=O) groups excluding carboxylic acids is 3. The van der Waals surface area contributed by atoms with Crippen LogP contribution in [-0.2, 0) is 0 Å². The number of amides is 6. The highest BCUT2D eigenvalue weighted by Crippen LogP contribution is 1.94. The van der Waals surface area contributed by atoms with Crippen LogP contribution in [0, 0.1) is 0 Å². The first-order valence-electron chi connectivity index (χ1n) is 7.58. The van der Waals surface area contributed by atoms with Crippen LogP contribution in [0.25, 0.3) is 0 Å². The highest BCUT2D eigenvalue weighted by atomic mass is 16.2. The van der Waals surface area contributed by atoms with E-state index in [1.807, 2.05) is 0 Å². The van der Waals surface area contributed by atoms with Crippen molar-refractivity contribution in [3.05, 3.63) is 0 Å². The largest absolute Gasteiger partial charge is 0.359 e. The molecule has 23 heavy (non-hydrogen) atoms. The van der Waals surface area contributed by atoms with Crippen molar-refractivity contribution in [1.29, 1.82) is 0 Å². The van der Waals surface area contributed by atoms with E-state index in [0.29, 0.717) is 26.2 Å². The predicted molar refractivity (Wildman–Crippen MR) is 81.1 cm³/mol. The number of hydrogen-bond donors (Lipinski definition) is 4. The lowest BCUT2D eigenvalue weighted by molar-refractivity contribution is 0.216. The van der Waals surface area contributed by atoms with Crippen LogP contribution in [0.3, 0.4) is 0 Å². The summed E-state index contributed by atoms with van der Waals surface area (Å²) in [7, 11) is 0. The Kier molecular flexibility index (Phi) is 6.69. The van der Waals surface area contributed by atoms with E-state index in [9.17, 15) is 14.4 Å². The van der Waals surface area contributed by atoms with Gasteiger partial charge in [0, 0.05) is 59.0 Å². The van der Waals surface area contributed by atoms with Gasteiger partial charge in [-0.05, 0) is 0 Å². The number of hydrogen-bond acceptors (Lipinski definition) is 5. The van der Waals surface area contributed by atoms with Crippen molar-refractivity contribution in [2.45, 2.75) is 0 Å². The molecule has 2 fully saturated rings. The van der Waals surface area contributed by atoms with Gasteiger partial charge in [0.15, 0.2) is 0 Å². The molecule has 2 heterocycles. The Morgan fingerprint density at radius 2 is 1.74 bits per heavy atom. The van der Waals surface area contributed by atoms with Gasteiger partial charge in [-0.25, -0.2) is 14.4 Å². The molecule has 2 rings (SSSR count). The SMILES string of the molecule is O=C(/N=N\C(=O)NCCN1CCNC1=O)NCCN1CCNC1. The fourth-order valence-electron chi connectivity index (χ4n) is 2.25. The van der Waals surface area contributed by atoms with Gasteiger partial charge in [0.25, 0.3) is 0 Å². The van der Waals surface area contributed by atoms with E-state index in [1.165, 1.54) is 0 Å². The topological polar surface area (TPSA) is 131 Å². The van der Waals surface area contributed by atoms with Crippen molar-refractivity contribution in [2.24, 2.45) is 10.2 Å².